The maximum Gasteiger partial charge on any atom is 0.129 e. The van der Waals surface area contributed by atoms with Crippen LogP contribution in [-0.4, -0.2) is 41.3 Å². The van der Waals surface area contributed by atoms with Crippen molar-refractivity contribution in [2.24, 2.45) is 5.92 Å². The lowest BCUT2D eigenvalue weighted by Gasteiger charge is -2.32. The standard InChI is InChI=1S/C18H24N2O2S/c1-13(21)14-7-9-20(10-8-14)11-15-12-23-18(19-15)16-5-3-4-6-17(16)22-2/h3-6,12-14,21H,7-11H2,1-2H3. The summed E-state index contributed by atoms with van der Waals surface area (Å²) in [5, 5.41) is 12.8. The summed E-state index contributed by atoms with van der Waals surface area (Å²) in [6.45, 7) is 4.87. The number of benzene rings is 1. The van der Waals surface area contributed by atoms with Crippen molar-refractivity contribution in [2.45, 2.75) is 32.4 Å². The molecule has 1 aromatic heterocycles. The van der Waals surface area contributed by atoms with Gasteiger partial charge < -0.3 is 9.84 Å². The molecule has 4 nitrogen and oxygen atoms in total. The fourth-order valence-electron chi connectivity index (χ4n) is 3.15. The number of ether oxygens (including phenoxy) is 1. The number of aliphatic hydroxyl groups is 1. The quantitative estimate of drug-likeness (QED) is 0.911. The fraction of sp³-hybridized carbons (Fsp3) is 0.500. The second-order valence-electron chi connectivity index (χ2n) is 6.20. The number of likely N-dealkylation sites (tertiary alicyclic amines) is 1. The molecule has 3 rings (SSSR count). The Morgan fingerprint density at radius 3 is 2.78 bits per heavy atom. The van der Waals surface area contributed by atoms with E-state index in [1.165, 1.54) is 0 Å². The predicted molar refractivity (Wildman–Crippen MR) is 93.8 cm³/mol. The van der Waals surface area contributed by atoms with Crippen LogP contribution in [0.15, 0.2) is 29.6 Å². The number of nitrogens with zero attached hydrogens (tertiary/aromatic N) is 2. The molecule has 0 bridgehead atoms. The van der Waals surface area contributed by atoms with Crippen LogP contribution in [0.5, 0.6) is 5.75 Å². The molecule has 0 radical (unpaired) electrons. The Morgan fingerprint density at radius 1 is 1.35 bits per heavy atom. The molecule has 1 fully saturated rings. The van der Waals surface area contributed by atoms with Crippen LogP contribution in [0.2, 0.25) is 0 Å². The highest BCUT2D eigenvalue weighted by atomic mass is 32.1. The third kappa shape index (κ3) is 3.91. The lowest BCUT2D eigenvalue weighted by molar-refractivity contribution is 0.0692. The van der Waals surface area contributed by atoms with Crippen molar-refractivity contribution in [2.75, 3.05) is 20.2 Å². The van der Waals surface area contributed by atoms with E-state index in [2.05, 4.69) is 16.3 Å². The molecule has 23 heavy (non-hydrogen) atoms. The third-order valence-electron chi connectivity index (χ3n) is 4.59. The largest absolute Gasteiger partial charge is 0.496 e. The van der Waals surface area contributed by atoms with Gasteiger partial charge in [0.25, 0.3) is 0 Å². The first-order chi connectivity index (χ1) is 11.2. The van der Waals surface area contributed by atoms with Crippen LogP contribution in [0, 0.1) is 5.92 Å². The van der Waals surface area contributed by atoms with Crippen molar-refractivity contribution in [1.82, 2.24) is 9.88 Å². The maximum absolute atomic E-state index is 9.69. The van der Waals surface area contributed by atoms with Crippen LogP contribution in [0.25, 0.3) is 10.6 Å². The van der Waals surface area contributed by atoms with Gasteiger partial charge in [-0.05, 0) is 50.9 Å². The fourth-order valence-corrected chi connectivity index (χ4v) is 3.99. The Bertz CT molecular complexity index is 633. The van der Waals surface area contributed by atoms with Crippen molar-refractivity contribution in [3.05, 3.63) is 35.3 Å². The van der Waals surface area contributed by atoms with E-state index >= 15 is 0 Å². The highest BCUT2D eigenvalue weighted by Gasteiger charge is 2.23. The van der Waals surface area contributed by atoms with Gasteiger partial charge in [0.05, 0.1) is 24.5 Å². The second kappa shape index (κ2) is 7.43. The zero-order valence-corrected chi connectivity index (χ0v) is 14.6. The molecule has 124 valence electrons. The molecular weight excluding hydrogens is 308 g/mol. The summed E-state index contributed by atoms with van der Waals surface area (Å²) in [5.74, 6) is 1.32. The summed E-state index contributed by atoms with van der Waals surface area (Å²) in [4.78, 5) is 7.22. The minimum atomic E-state index is -0.187. The Labute approximate surface area is 141 Å². The molecule has 1 aliphatic heterocycles. The smallest absolute Gasteiger partial charge is 0.129 e. The first-order valence-corrected chi connectivity index (χ1v) is 9.03. The van der Waals surface area contributed by atoms with E-state index in [0.717, 1.165) is 54.5 Å². The highest BCUT2D eigenvalue weighted by molar-refractivity contribution is 7.13. The van der Waals surface area contributed by atoms with E-state index in [1.54, 1.807) is 18.4 Å². The van der Waals surface area contributed by atoms with Crippen LogP contribution in [0.3, 0.4) is 0 Å². The van der Waals surface area contributed by atoms with Gasteiger partial charge in [-0.15, -0.1) is 11.3 Å². The zero-order valence-electron chi connectivity index (χ0n) is 13.7. The Hall–Kier alpha value is -1.43. The topological polar surface area (TPSA) is 45.6 Å². The molecule has 2 heterocycles. The second-order valence-corrected chi connectivity index (χ2v) is 7.06. The normalized spacial score (nSPS) is 18.0. The molecule has 1 unspecified atom stereocenters. The Balaban J connectivity index is 1.64. The Kier molecular flexibility index (Phi) is 5.30. The molecule has 0 aliphatic carbocycles. The number of methoxy groups -OCH3 is 1. The molecule has 1 N–H and O–H groups in total. The number of para-hydroxylation sites is 1. The van der Waals surface area contributed by atoms with Gasteiger partial charge in [0, 0.05) is 11.9 Å². The molecule has 2 aromatic rings. The van der Waals surface area contributed by atoms with Gasteiger partial charge in [0.1, 0.15) is 10.8 Å². The van der Waals surface area contributed by atoms with Gasteiger partial charge in [-0.2, -0.15) is 0 Å². The molecule has 0 saturated carbocycles. The number of piperidine rings is 1. The molecule has 1 atom stereocenters. The zero-order chi connectivity index (χ0) is 16.2. The molecule has 1 aliphatic rings. The van der Waals surface area contributed by atoms with Crippen LogP contribution < -0.4 is 4.74 Å². The van der Waals surface area contributed by atoms with E-state index in [-0.39, 0.29) is 6.10 Å². The maximum atomic E-state index is 9.69. The van der Waals surface area contributed by atoms with E-state index in [9.17, 15) is 5.11 Å². The first kappa shape index (κ1) is 16.4. The van der Waals surface area contributed by atoms with Gasteiger partial charge >= 0.3 is 0 Å². The van der Waals surface area contributed by atoms with E-state index < -0.39 is 0 Å². The van der Waals surface area contributed by atoms with E-state index in [0.29, 0.717) is 5.92 Å². The minimum Gasteiger partial charge on any atom is -0.496 e. The lowest BCUT2D eigenvalue weighted by atomic mass is 9.92. The molecule has 1 saturated heterocycles. The molecule has 0 amide bonds. The van der Waals surface area contributed by atoms with Gasteiger partial charge in [-0.3, -0.25) is 4.90 Å². The number of thiazole rings is 1. The van der Waals surface area contributed by atoms with Gasteiger partial charge in [-0.25, -0.2) is 4.98 Å². The number of aromatic nitrogens is 1. The lowest BCUT2D eigenvalue weighted by Crippen LogP contribution is -2.36. The minimum absolute atomic E-state index is 0.187. The molecule has 1 aromatic carbocycles. The molecule has 5 heteroatoms. The average Bonchev–Trinajstić information content (AvgIpc) is 3.03. The summed E-state index contributed by atoms with van der Waals surface area (Å²) in [6, 6.07) is 8.01. The summed E-state index contributed by atoms with van der Waals surface area (Å²) in [7, 11) is 1.69. The van der Waals surface area contributed by atoms with Crippen molar-refractivity contribution in [3.8, 4) is 16.3 Å². The van der Waals surface area contributed by atoms with Crippen LogP contribution >= 0.6 is 11.3 Å². The number of hydrogen-bond acceptors (Lipinski definition) is 5. The highest BCUT2D eigenvalue weighted by Crippen LogP contribution is 2.32. The average molecular weight is 332 g/mol. The van der Waals surface area contributed by atoms with Crippen LogP contribution in [0.1, 0.15) is 25.5 Å². The predicted octanol–water partition coefficient (Wildman–Crippen LogP) is 3.41. The van der Waals surface area contributed by atoms with Gasteiger partial charge in [-0.1, -0.05) is 12.1 Å². The number of hydrogen-bond donors (Lipinski definition) is 1. The monoisotopic (exact) mass is 332 g/mol. The van der Waals surface area contributed by atoms with Gasteiger partial charge in [0.15, 0.2) is 0 Å². The third-order valence-corrected chi connectivity index (χ3v) is 5.51. The summed E-state index contributed by atoms with van der Waals surface area (Å²) in [6.07, 6.45) is 1.95. The summed E-state index contributed by atoms with van der Waals surface area (Å²) >= 11 is 1.67. The number of aliphatic hydroxyl groups excluding tert-OH is 1. The summed E-state index contributed by atoms with van der Waals surface area (Å²) in [5.41, 5.74) is 2.17. The van der Waals surface area contributed by atoms with Crippen molar-refractivity contribution in [1.29, 1.82) is 0 Å². The SMILES string of the molecule is COc1ccccc1-c1nc(CN2CCC(C(C)O)CC2)cs1. The van der Waals surface area contributed by atoms with Gasteiger partial charge in [0.2, 0.25) is 0 Å². The molecule has 0 spiro atoms. The Morgan fingerprint density at radius 2 is 2.09 bits per heavy atom. The van der Waals surface area contributed by atoms with Crippen LogP contribution in [0.4, 0.5) is 0 Å². The van der Waals surface area contributed by atoms with Crippen molar-refractivity contribution < 1.29 is 9.84 Å². The van der Waals surface area contributed by atoms with Crippen LogP contribution in [-0.2, 0) is 6.54 Å². The first-order valence-electron chi connectivity index (χ1n) is 8.15. The molecular formula is C18H24N2O2S. The van der Waals surface area contributed by atoms with Crippen molar-refractivity contribution in [3.63, 3.8) is 0 Å². The summed E-state index contributed by atoms with van der Waals surface area (Å²) < 4.78 is 5.43. The van der Waals surface area contributed by atoms with E-state index in [4.69, 9.17) is 9.72 Å². The van der Waals surface area contributed by atoms with E-state index in [1.807, 2.05) is 25.1 Å². The number of rotatable bonds is 5. The van der Waals surface area contributed by atoms with Crippen molar-refractivity contribution >= 4 is 11.3 Å².